The normalized spacial score (nSPS) is 35.0. The maximum absolute atomic E-state index is 14.9. The number of amides is 1. The number of aliphatic hydroxyl groups is 1. The number of aryl methyl sites for hydroxylation is 2. The largest absolute Gasteiger partial charge is 0.481 e. The van der Waals surface area contributed by atoms with Gasteiger partial charge in [0.15, 0.2) is 17.7 Å². The zero-order valence-corrected chi connectivity index (χ0v) is 38.7. The van der Waals surface area contributed by atoms with Crippen LogP contribution in [0.15, 0.2) is 37.2 Å². The number of hydrogen-bond acceptors (Lipinski definition) is 14. The Hall–Kier alpha value is -4.22. The molecule has 0 radical (unpaired) electrons. The first kappa shape index (κ1) is 48.8. The lowest BCUT2D eigenvalue weighted by Gasteiger charge is -2.47. The van der Waals surface area contributed by atoms with Gasteiger partial charge in [0, 0.05) is 68.0 Å². The van der Waals surface area contributed by atoms with E-state index in [2.05, 4.69) is 11.6 Å². The molecule has 1 N–H and O–H groups in total. The third-order valence-electron chi connectivity index (χ3n) is 13.4. The monoisotopic (exact) mass is 867 g/mol. The summed E-state index contributed by atoms with van der Waals surface area (Å²) in [6.07, 6.45) is 1.95. The van der Waals surface area contributed by atoms with Crippen molar-refractivity contribution in [2.75, 3.05) is 34.9 Å². The molecule has 2 aromatic rings. The number of cyclic esters (lactones) is 1. The zero-order chi connectivity index (χ0) is 45.8. The van der Waals surface area contributed by atoms with Crippen molar-refractivity contribution in [1.82, 2.24) is 24.3 Å². The topological polar surface area (TPSA) is 181 Å². The quantitative estimate of drug-likeness (QED) is 0.117. The van der Waals surface area contributed by atoms with E-state index in [0.29, 0.717) is 31.7 Å². The second-order valence-corrected chi connectivity index (χ2v) is 17.9. The first-order valence-corrected chi connectivity index (χ1v) is 21.9. The molecule has 13 atom stereocenters. The van der Waals surface area contributed by atoms with Crippen LogP contribution in [-0.4, -0.2) is 142 Å². The van der Waals surface area contributed by atoms with Crippen molar-refractivity contribution in [1.29, 1.82) is 0 Å². The number of aliphatic hydroxyl groups excluding tert-OH is 1. The highest BCUT2D eigenvalue weighted by Crippen LogP contribution is 2.44. The average Bonchev–Trinajstić information content (AvgIpc) is 3.77. The fourth-order valence-electron chi connectivity index (χ4n) is 9.77. The minimum absolute atomic E-state index is 0.0991. The number of esters is 1. The summed E-state index contributed by atoms with van der Waals surface area (Å²) in [5.74, 6) is -3.92. The molecule has 0 bridgehead atoms. The number of ether oxygens (including phenoxy) is 6. The number of hydrogen-bond donors (Lipinski definition) is 1. The molecule has 1 unspecified atom stereocenters. The molecule has 16 heteroatoms. The van der Waals surface area contributed by atoms with Gasteiger partial charge in [-0.15, -0.1) is 0 Å². The van der Waals surface area contributed by atoms with E-state index < -0.39 is 83.4 Å². The van der Waals surface area contributed by atoms with Gasteiger partial charge in [0.05, 0.1) is 36.7 Å². The van der Waals surface area contributed by atoms with Crippen molar-refractivity contribution in [3.8, 4) is 17.1 Å². The number of methoxy groups -OCH3 is 2. The van der Waals surface area contributed by atoms with Crippen LogP contribution < -0.4 is 4.74 Å². The molecule has 3 aliphatic rings. The lowest BCUT2D eigenvalue weighted by molar-refractivity contribution is -0.295. The van der Waals surface area contributed by atoms with Crippen LogP contribution in [0.4, 0.5) is 4.79 Å². The lowest BCUT2D eigenvalue weighted by atomic mass is 9.72. The number of rotatable bonds is 13. The molecule has 5 heterocycles. The van der Waals surface area contributed by atoms with Crippen molar-refractivity contribution in [3.05, 3.63) is 43.0 Å². The molecule has 2 aromatic heterocycles. The Morgan fingerprint density at radius 2 is 1.73 bits per heavy atom. The molecule has 344 valence electrons. The molecule has 62 heavy (non-hydrogen) atoms. The summed E-state index contributed by atoms with van der Waals surface area (Å²) in [4.78, 5) is 69.9. The van der Waals surface area contributed by atoms with Crippen LogP contribution in [-0.2, 0) is 44.6 Å². The second-order valence-electron chi connectivity index (χ2n) is 17.9. The molecule has 3 aliphatic heterocycles. The average molecular weight is 868 g/mol. The standard InChI is InChI=1S/C46H69N5O11/c1-14-35-46(15-2)40(51(44(56)62-46)21-17-16-20-50-25-33(48-31(50)8)32-18-19-36(57-12)47-24-32)28(5)37(52)26(3)23-45(9,58-13)41(29(6)38(53)30(7)42(55)60-35)61-43-39(54)34(49(10)11)22-27(4)59-43/h15,18-19,24-30,34-35,39-41,43,54H,2,14,16-17,20-23H2,1,3-13H3/t26-,27-,28+,29+,30-,34+,35-,39-,40+,41-,43?,45+,46-/m1/s1. The Morgan fingerprint density at radius 3 is 2.32 bits per heavy atom. The van der Waals surface area contributed by atoms with E-state index >= 15 is 0 Å². The molecule has 1 amide bonds. The van der Waals surface area contributed by atoms with E-state index in [1.807, 2.05) is 49.7 Å². The predicted octanol–water partition coefficient (Wildman–Crippen LogP) is 5.41. The van der Waals surface area contributed by atoms with E-state index in [9.17, 15) is 24.3 Å². The summed E-state index contributed by atoms with van der Waals surface area (Å²) in [7, 11) is 6.79. The molecule has 3 saturated heterocycles. The number of ketones is 2. The maximum Gasteiger partial charge on any atom is 0.411 e. The SMILES string of the molecule is C=C[C@]12OC(=O)N(CCCCn3cc(-c4ccc(OC)nc4)nc3C)[C@H]1[C@@H](C)C(=O)[C@H](C)C[C@](C)(OC)[C@H](OC1O[C@H](C)C[C@H](N(C)C)[C@H]1O)[C@@H](C)C(=O)[C@@H](C)C(=O)O[C@@H]2CC. The molecular weight excluding hydrogens is 799 g/mol. The van der Waals surface area contributed by atoms with Gasteiger partial charge in [-0.1, -0.05) is 34.3 Å². The molecule has 0 saturated carbocycles. The number of carbonyl (C=O) groups is 4. The molecule has 5 rings (SSSR count). The summed E-state index contributed by atoms with van der Waals surface area (Å²) in [6.45, 7) is 19.0. The summed E-state index contributed by atoms with van der Waals surface area (Å²) in [6, 6.07) is 2.48. The van der Waals surface area contributed by atoms with Crippen molar-refractivity contribution >= 4 is 23.6 Å². The Bertz CT molecular complexity index is 1900. The van der Waals surface area contributed by atoms with Crippen LogP contribution in [0.1, 0.15) is 86.4 Å². The van der Waals surface area contributed by atoms with E-state index in [-0.39, 0.29) is 37.3 Å². The number of aromatic nitrogens is 3. The highest BCUT2D eigenvalue weighted by molar-refractivity contribution is 6.00. The van der Waals surface area contributed by atoms with Gasteiger partial charge in [0.2, 0.25) is 5.88 Å². The van der Waals surface area contributed by atoms with E-state index in [1.54, 1.807) is 58.9 Å². The van der Waals surface area contributed by atoms with Crippen LogP contribution in [0.5, 0.6) is 5.88 Å². The number of imidazole rings is 1. The second kappa shape index (κ2) is 20.1. The predicted molar refractivity (Wildman–Crippen MR) is 230 cm³/mol. The Labute approximate surface area is 366 Å². The highest BCUT2D eigenvalue weighted by atomic mass is 16.7. The van der Waals surface area contributed by atoms with E-state index in [0.717, 1.165) is 17.1 Å². The molecule has 16 nitrogen and oxygen atoms in total. The fraction of sp³-hybridized carbons (Fsp3) is 0.696. The van der Waals surface area contributed by atoms with Gasteiger partial charge < -0.3 is 43.0 Å². The Morgan fingerprint density at radius 1 is 1.03 bits per heavy atom. The number of likely N-dealkylation sites (N-methyl/N-ethyl adjacent to an activating group) is 1. The first-order valence-electron chi connectivity index (χ1n) is 21.9. The minimum Gasteiger partial charge on any atom is -0.481 e. The van der Waals surface area contributed by atoms with Gasteiger partial charge in [0.1, 0.15) is 29.7 Å². The van der Waals surface area contributed by atoms with E-state index in [1.165, 1.54) is 20.1 Å². The molecule has 0 aromatic carbocycles. The zero-order valence-electron chi connectivity index (χ0n) is 38.7. The van der Waals surface area contributed by atoms with Crippen LogP contribution in [0, 0.1) is 30.6 Å². The number of Topliss-reactive ketones (excluding diaryl/α,β-unsaturated/α-hetero) is 2. The van der Waals surface area contributed by atoms with Crippen molar-refractivity contribution in [3.63, 3.8) is 0 Å². The number of nitrogens with zero attached hydrogens (tertiary/aromatic N) is 5. The number of carbonyl (C=O) groups excluding carboxylic acids is 4. The number of pyridine rings is 1. The van der Waals surface area contributed by atoms with Gasteiger partial charge in [-0.25, -0.2) is 14.8 Å². The first-order chi connectivity index (χ1) is 29.3. The molecule has 3 fully saturated rings. The maximum atomic E-state index is 14.9. The number of fused-ring (bicyclic) bond motifs is 1. The van der Waals surface area contributed by atoms with Crippen LogP contribution >= 0.6 is 0 Å². The Kier molecular flexibility index (Phi) is 15.8. The summed E-state index contributed by atoms with van der Waals surface area (Å²) in [5, 5.41) is 11.5. The summed E-state index contributed by atoms with van der Waals surface area (Å²) >= 11 is 0. The van der Waals surface area contributed by atoms with Gasteiger partial charge in [-0.3, -0.25) is 19.3 Å². The summed E-state index contributed by atoms with van der Waals surface area (Å²) in [5.41, 5.74) is -1.28. The van der Waals surface area contributed by atoms with Crippen LogP contribution in [0.25, 0.3) is 11.3 Å². The van der Waals surface area contributed by atoms with Gasteiger partial charge in [-0.2, -0.15) is 0 Å². The van der Waals surface area contributed by atoms with Crippen LogP contribution in [0.2, 0.25) is 0 Å². The number of unbranched alkanes of at least 4 members (excludes halogenated alkanes) is 1. The molecule has 0 aliphatic carbocycles. The molecular formula is C46H69N5O11. The molecule has 0 spiro atoms. The summed E-state index contributed by atoms with van der Waals surface area (Å²) < 4.78 is 38.6. The third kappa shape index (κ3) is 9.79. The van der Waals surface area contributed by atoms with Crippen molar-refractivity contribution in [2.45, 2.75) is 148 Å². The van der Waals surface area contributed by atoms with Gasteiger partial charge in [0.25, 0.3) is 0 Å². The van der Waals surface area contributed by atoms with E-state index in [4.69, 9.17) is 33.4 Å². The Balaban J connectivity index is 1.45. The third-order valence-corrected chi connectivity index (χ3v) is 13.4. The lowest BCUT2D eigenvalue weighted by Crippen LogP contribution is -2.60. The van der Waals surface area contributed by atoms with Gasteiger partial charge >= 0.3 is 12.1 Å². The minimum atomic E-state index is -1.61. The fourth-order valence-corrected chi connectivity index (χ4v) is 9.77. The highest BCUT2D eigenvalue weighted by Gasteiger charge is 2.61. The van der Waals surface area contributed by atoms with Crippen LogP contribution in [0.3, 0.4) is 0 Å². The van der Waals surface area contributed by atoms with Crippen molar-refractivity contribution < 1.29 is 52.7 Å². The van der Waals surface area contributed by atoms with Gasteiger partial charge in [-0.05, 0) is 86.0 Å². The van der Waals surface area contributed by atoms with Crippen molar-refractivity contribution in [2.24, 2.45) is 23.7 Å². The smallest absolute Gasteiger partial charge is 0.411 e.